The highest BCUT2D eigenvalue weighted by Gasteiger charge is 2.24. The first kappa shape index (κ1) is 21.7. The van der Waals surface area contributed by atoms with Crippen molar-refractivity contribution < 1.29 is 4.74 Å². The van der Waals surface area contributed by atoms with E-state index in [2.05, 4.69) is 38.1 Å². The van der Waals surface area contributed by atoms with Gasteiger partial charge in [-0.1, -0.05) is 90.2 Å². The molecule has 158 valence electrons. The van der Waals surface area contributed by atoms with Crippen molar-refractivity contribution in [1.29, 1.82) is 0 Å². The van der Waals surface area contributed by atoms with Crippen molar-refractivity contribution in [2.75, 3.05) is 6.61 Å². The number of benzene rings is 1. The van der Waals surface area contributed by atoms with Crippen molar-refractivity contribution in [1.82, 2.24) is 0 Å². The Bertz CT molecular complexity index is 526. The SMILES string of the molecule is CCCCCC1CCCCC1CCCOc1ccc(C2CCC(C)CC2)cc1. The molecule has 1 heteroatoms. The standard InChI is InChI=1S/C27H44O/c1-3-4-5-9-23-10-6-7-11-24(23)12-8-21-28-27-19-17-26(18-20-27)25-15-13-22(2)14-16-25/h17-20,22-25H,3-16,21H2,1-2H3. The molecular formula is C27H44O. The molecule has 1 nitrogen and oxygen atoms in total. The average Bonchev–Trinajstić information content (AvgIpc) is 2.73. The minimum atomic E-state index is 0.779. The van der Waals surface area contributed by atoms with Crippen molar-refractivity contribution >= 4 is 0 Å². The fourth-order valence-corrected chi connectivity index (χ4v) is 5.67. The molecule has 2 fully saturated rings. The molecule has 0 bridgehead atoms. The molecule has 0 radical (unpaired) electrons. The van der Waals surface area contributed by atoms with Crippen LogP contribution in [0, 0.1) is 17.8 Å². The van der Waals surface area contributed by atoms with Crippen LogP contribution in [0.15, 0.2) is 24.3 Å². The predicted molar refractivity (Wildman–Crippen MR) is 121 cm³/mol. The highest BCUT2D eigenvalue weighted by Crippen LogP contribution is 2.37. The first-order valence-electron chi connectivity index (χ1n) is 12.5. The Morgan fingerprint density at radius 3 is 2.07 bits per heavy atom. The van der Waals surface area contributed by atoms with Crippen LogP contribution in [0.1, 0.15) is 115 Å². The summed E-state index contributed by atoms with van der Waals surface area (Å²) >= 11 is 0. The number of hydrogen-bond donors (Lipinski definition) is 0. The van der Waals surface area contributed by atoms with Crippen molar-refractivity contribution in [3.63, 3.8) is 0 Å². The molecule has 2 saturated carbocycles. The maximum atomic E-state index is 6.09. The molecule has 0 heterocycles. The maximum Gasteiger partial charge on any atom is 0.119 e. The van der Waals surface area contributed by atoms with E-state index in [1.54, 1.807) is 0 Å². The van der Waals surface area contributed by atoms with Gasteiger partial charge >= 0.3 is 0 Å². The largest absolute Gasteiger partial charge is 0.494 e. The average molecular weight is 385 g/mol. The van der Waals surface area contributed by atoms with Gasteiger partial charge in [0.1, 0.15) is 5.75 Å². The summed E-state index contributed by atoms with van der Waals surface area (Å²) in [5, 5.41) is 0. The van der Waals surface area contributed by atoms with Gasteiger partial charge in [-0.2, -0.15) is 0 Å². The smallest absolute Gasteiger partial charge is 0.119 e. The molecule has 1 aromatic rings. The predicted octanol–water partition coefficient (Wildman–Crippen LogP) is 8.53. The third-order valence-electron chi connectivity index (χ3n) is 7.60. The van der Waals surface area contributed by atoms with Gasteiger partial charge in [-0.3, -0.25) is 0 Å². The van der Waals surface area contributed by atoms with Crippen LogP contribution < -0.4 is 4.74 Å². The monoisotopic (exact) mass is 384 g/mol. The van der Waals surface area contributed by atoms with Crippen molar-refractivity contribution in [2.24, 2.45) is 17.8 Å². The summed E-state index contributed by atoms with van der Waals surface area (Å²) in [4.78, 5) is 0. The normalized spacial score (nSPS) is 28.2. The number of unbranched alkanes of at least 4 members (excludes halogenated alkanes) is 2. The Balaban J connectivity index is 1.36. The Morgan fingerprint density at radius 2 is 1.43 bits per heavy atom. The third kappa shape index (κ3) is 6.82. The molecule has 2 atom stereocenters. The second kappa shape index (κ2) is 11.9. The fraction of sp³-hybridized carbons (Fsp3) is 0.778. The van der Waals surface area contributed by atoms with Crippen LogP contribution >= 0.6 is 0 Å². The molecule has 0 saturated heterocycles. The Morgan fingerprint density at radius 1 is 0.786 bits per heavy atom. The first-order valence-corrected chi connectivity index (χ1v) is 12.5. The minimum Gasteiger partial charge on any atom is -0.494 e. The van der Waals surface area contributed by atoms with E-state index in [4.69, 9.17) is 4.74 Å². The number of rotatable bonds is 10. The molecule has 2 aliphatic rings. The summed E-state index contributed by atoms with van der Waals surface area (Å²) in [6.07, 6.45) is 19.7. The lowest BCUT2D eigenvalue weighted by atomic mass is 9.74. The quantitative estimate of drug-likeness (QED) is 0.367. The van der Waals surface area contributed by atoms with Gasteiger partial charge in [-0.05, 0) is 67.1 Å². The van der Waals surface area contributed by atoms with Crippen molar-refractivity contribution in [2.45, 2.75) is 110 Å². The van der Waals surface area contributed by atoms with E-state index in [-0.39, 0.29) is 0 Å². The molecule has 0 N–H and O–H groups in total. The molecule has 2 aliphatic carbocycles. The van der Waals surface area contributed by atoms with E-state index in [1.165, 1.54) is 95.5 Å². The topological polar surface area (TPSA) is 9.23 Å². The molecule has 2 unspecified atom stereocenters. The van der Waals surface area contributed by atoms with E-state index in [1.807, 2.05) is 0 Å². The summed E-state index contributed by atoms with van der Waals surface area (Å²) < 4.78 is 6.09. The first-order chi connectivity index (χ1) is 13.8. The second-order valence-corrected chi connectivity index (χ2v) is 9.82. The van der Waals surface area contributed by atoms with Gasteiger partial charge < -0.3 is 4.74 Å². The molecule has 0 spiro atoms. The zero-order valence-electron chi connectivity index (χ0n) is 18.6. The third-order valence-corrected chi connectivity index (χ3v) is 7.60. The fourth-order valence-electron chi connectivity index (χ4n) is 5.67. The molecule has 0 amide bonds. The van der Waals surface area contributed by atoms with Gasteiger partial charge in [0, 0.05) is 0 Å². The Labute approximate surface area is 174 Å². The van der Waals surface area contributed by atoms with Crippen LogP contribution in [0.25, 0.3) is 0 Å². The van der Waals surface area contributed by atoms with Gasteiger partial charge in [0.05, 0.1) is 6.61 Å². The van der Waals surface area contributed by atoms with Crippen LogP contribution in [0.2, 0.25) is 0 Å². The molecule has 28 heavy (non-hydrogen) atoms. The maximum absolute atomic E-state index is 6.09. The molecular weight excluding hydrogens is 340 g/mol. The van der Waals surface area contributed by atoms with Gasteiger partial charge in [-0.15, -0.1) is 0 Å². The lowest BCUT2D eigenvalue weighted by molar-refractivity contribution is 0.190. The summed E-state index contributed by atoms with van der Waals surface area (Å²) in [5.74, 6) is 4.73. The van der Waals surface area contributed by atoms with Crippen LogP contribution in [-0.4, -0.2) is 6.61 Å². The van der Waals surface area contributed by atoms with Crippen molar-refractivity contribution in [3.05, 3.63) is 29.8 Å². The van der Waals surface area contributed by atoms with E-state index >= 15 is 0 Å². The van der Waals surface area contributed by atoms with Crippen LogP contribution in [0.4, 0.5) is 0 Å². The van der Waals surface area contributed by atoms with Crippen LogP contribution in [-0.2, 0) is 0 Å². The van der Waals surface area contributed by atoms with E-state index in [0.717, 1.165) is 36.0 Å². The van der Waals surface area contributed by atoms with Crippen LogP contribution in [0.3, 0.4) is 0 Å². The summed E-state index contributed by atoms with van der Waals surface area (Å²) in [6.45, 7) is 5.60. The molecule has 0 aromatic heterocycles. The zero-order valence-corrected chi connectivity index (χ0v) is 18.6. The number of hydrogen-bond acceptors (Lipinski definition) is 1. The Hall–Kier alpha value is -0.980. The van der Waals surface area contributed by atoms with Crippen LogP contribution in [0.5, 0.6) is 5.75 Å². The van der Waals surface area contributed by atoms with E-state index in [0.29, 0.717) is 0 Å². The minimum absolute atomic E-state index is 0.779. The van der Waals surface area contributed by atoms with E-state index in [9.17, 15) is 0 Å². The summed E-state index contributed by atoms with van der Waals surface area (Å²) in [7, 11) is 0. The molecule has 3 rings (SSSR count). The summed E-state index contributed by atoms with van der Waals surface area (Å²) in [5.41, 5.74) is 1.52. The Kier molecular flexibility index (Phi) is 9.22. The van der Waals surface area contributed by atoms with E-state index < -0.39 is 0 Å². The van der Waals surface area contributed by atoms with Gasteiger partial charge in [0.15, 0.2) is 0 Å². The number of ether oxygens (including phenoxy) is 1. The molecule has 0 aliphatic heterocycles. The lowest BCUT2D eigenvalue weighted by Crippen LogP contribution is -2.20. The van der Waals surface area contributed by atoms with Gasteiger partial charge in [0.2, 0.25) is 0 Å². The highest BCUT2D eigenvalue weighted by atomic mass is 16.5. The molecule has 1 aromatic carbocycles. The van der Waals surface area contributed by atoms with Gasteiger partial charge in [0.25, 0.3) is 0 Å². The second-order valence-electron chi connectivity index (χ2n) is 9.82. The van der Waals surface area contributed by atoms with Crippen molar-refractivity contribution in [3.8, 4) is 5.75 Å². The lowest BCUT2D eigenvalue weighted by Gasteiger charge is -2.31. The van der Waals surface area contributed by atoms with Gasteiger partial charge in [-0.25, -0.2) is 0 Å². The zero-order chi connectivity index (χ0) is 19.6. The highest BCUT2D eigenvalue weighted by molar-refractivity contribution is 5.29. The summed E-state index contributed by atoms with van der Waals surface area (Å²) in [6, 6.07) is 9.06.